The summed E-state index contributed by atoms with van der Waals surface area (Å²) >= 11 is 0. The van der Waals surface area contributed by atoms with Gasteiger partial charge in [-0.15, -0.1) is 0 Å². The van der Waals surface area contributed by atoms with Gasteiger partial charge in [-0.05, 0) is 17.2 Å². The minimum atomic E-state index is -1.49. The van der Waals surface area contributed by atoms with Crippen molar-refractivity contribution >= 4 is 0 Å². The Morgan fingerprint density at radius 3 is 1.76 bits per heavy atom. The van der Waals surface area contributed by atoms with Crippen LogP contribution < -0.4 is 4.74 Å². The molecule has 0 fully saturated rings. The van der Waals surface area contributed by atoms with Crippen molar-refractivity contribution in [3.05, 3.63) is 138 Å². The van der Waals surface area contributed by atoms with Crippen molar-refractivity contribution in [2.45, 2.75) is 17.6 Å². The summed E-state index contributed by atoms with van der Waals surface area (Å²) in [5.74, 6) is -1.12. The van der Waals surface area contributed by atoms with Crippen LogP contribution in [-0.4, -0.2) is 5.11 Å². The molecule has 1 aliphatic rings. The van der Waals surface area contributed by atoms with Gasteiger partial charge in [0.25, 0.3) is 0 Å². The fourth-order valence-electron chi connectivity index (χ4n) is 4.49. The maximum atomic E-state index is 12.1. The standard InChI is InChI=1S/C27H22O2/c28-27(22-16-8-3-9-17-22)26(21-14-6-2-7-15-21)25(20-12-4-1-5-13-20)23-18-10-11-19-24(23)29-27/h1-19,25-26,28H/t25-,26-,27-/m1/s1. The van der Waals surface area contributed by atoms with Gasteiger partial charge in [0.1, 0.15) is 5.75 Å². The highest BCUT2D eigenvalue weighted by Gasteiger charge is 2.51. The van der Waals surface area contributed by atoms with Crippen molar-refractivity contribution in [2.75, 3.05) is 0 Å². The van der Waals surface area contributed by atoms with E-state index in [4.69, 9.17) is 4.74 Å². The van der Waals surface area contributed by atoms with Crippen molar-refractivity contribution in [3.8, 4) is 5.75 Å². The predicted octanol–water partition coefficient (Wildman–Crippen LogP) is 5.84. The van der Waals surface area contributed by atoms with E-state index >= 15 is 0 Å². The van der Waals surface area contributed by atoms with Crippen LogP contribution in [0.3, 0.4) is 0 Å². The fourth-order valence-corrected chi connectivity index (χ4v) is 4.49. The van der Waals surface area contributed by atoms with E-state index in [9.17, 15) is 5.11 Å². The van der Waals surface area contributed by atoms with Crippen molar-refractivity contribution < 1.29 is 9.84 Å². The lowest BCUT2D eigenvalue weighted by Crippen LogP contribution is -2.45. The average Bonchev–Trinajstić information content (AvgIpc) is 2.80. The Kier molecular flexibility index (Phi) is 4.42. The summed E-state index contributed by atoms with van der Waals surface area (Å²) in [5.41, 5.74) is 4.05. The minimum Gasteiger partial charge on any atom is -0.457 e. The van der Waals surface area contributed by atoms with Gasteiger partial charge in [0.2, 0.25) is 5.79 Å². The highest BCUT2D eigenvalue weighted by Crippen LogP contribution is 2.55. The van der Waals surface area contributed by atoms with Gasteiger partial charge < -0.3 is 9.84 Å². The van der Waals surface area contributed by atoms with Crippen LogP contribution in [0.2, 0.25) is 0 Å². The van der Waals surface area contributed by atoms with Gasteiger partial charge in [0.15, 0.2) is 0 Å². The van der Waals surface area contributed by atoms with E-state index in [1.54, 1.807) is 0 Å². The topological polar surface area (TPSA) is 29.5 Å². The number of aliphatic hydroxyl groups is 1. The lowest BCUT2D eigenvalue weighted by molar-refractivity contribution is -0.177. The lowest BCUT2D eigenvalue weighted by atomic mass is 9.69. The van der Waals surface area contributed by atoms with Crippen molar-refractivity contribution in [3.63, 3.8) is 0 Å². The van der Waals surface area contributed by atoms with Crippen LogP contribution in [-0.2, 0) is 5.79 Å². The summed E-state index contributed by atoms with van der Waals surface area (Å²) in [6.45, 7) is 0. The van der Waals surface area contributed by atoms with Crippen LogP contribution in [0.25, 0.3) is 0 Å². The normalized spacial score (nSPS) is 23.1. The molecule has 1 heterocycles. The second-order valence-corrected chi connectivity index (χ2v) is 7.48. The average molecular weight is 378 g/mol. The third-order valence-electron chi connectivity index (χ3n) is 5.78. The molecular weight excluding hydrogens is 356 g/mol. The van der Waals surface area contributed by atoms with Gasteiger partial charge in [-0.1, -0.05) is 109 Å². The zero-order chi connectivity index (χ0) is 19.7. The van der Waals surface area contributed by atoms with E-state index < -0.39 is 5.79 Å². The van der Waals surface area contributed by atoms with E-state index in [1.807, 2.05) is 72.8 Å². The Hall–Kier alpha value is -3.36. The third kappa shape index (κ3) is 3.02. The molecular formula is C27H22O2. The maximum absolute atomic E-state index is 12.1. The number of ether oxygens (including phenoxy) is 1. The van der Waals surface area contributed by atoms with Crippen LogP contribution in [0.1, 0.15) is 34.1 Å². The Labute approximate surface area is 171 Å². The Morgan fingerprint density at radius 2 is 1.10 bits per heavy atom. The van der Waals surface area contributed by atoms with Gasteiger partial charge in [-0.25, -0.2) is 0 Å². The number of rotatable bonds is 3. The number of fused-ring (bicyclic) bond motifs is 1. The molecule has 1 aliphatic heterocycles. The van der Waals surface area contributed by atoms with Crippen LogP contribution in [0.15, 0.2) is 115 Å². The number of benzene rings is 4. The highest BCUT2D eigenvalue weighted by molar-refractivity contribution is 5.50. The second kappa shape index (κ2) is 7.23. The van der Waals surface area contributed by atoms with Gasteiger partial charge in [0.05, 0.1) is 5.92 Å². The molecule has 0 saturated carbocycles. The Balaban J connectivity index is 1.80. The monoisotopic (exact) mass is 378 g/mol. The predicted molar refractivity (Wildman–Crippen MR) is 115 cm³/mol. The summed E-state index contributed by atoms with van der Waals surface area (Å²) in [6.07, 6.45) is 0. The molecule has 0 amide bonds. The molecule has 142 valence electrons. The molecule has 5 rings (SSSR count). The van der Waals surface area contributed by atoms with E-state index in [1.165, 1.54) is 0 Å². The van der Waals surface area contributed by atoms with Crippen molar-refractivity contribution in [1.29, 1.82) is 0 Å². The third-order valence-corrected chi connectivity index (χ3v) is 5.78. The van der Waals surface area contributed by atoms with Crippen LogP contribution in [0, 0.1) is 0 Å². The van der Waals surface area contributed by atoms with E-state index in [0.29, 0.717) is 0 Å². The quantitative estimate of drug-likeness (QED) is 0.485. The molecule has 29 heavy (non-hydrogen) atoms. The smallest absolute Gasteiger partial charge is 0.242 e. The summed E-state index contributed by atoms with van der Waals surface area (Å²) in [4.78, 5) is 0. The number of hydrogen-bond donors (Lipinski definition) is 1. The minimum absolute atomic E-state index is 0.0474. The molecule has 0 spiro atoms. The van der Waals surface area contributed by atoms with Crippen LogP contribution in [0.5, 0.6) is 5.75 Å². The summed E-state index contributed by atoms with van der Waals surface area (Å²) in [6, 6.07) is 38.3. The number of para-hydroxylation sites is 1. The van der Waals surface area contributed by atoms with Crippen molar-refractivity contribution in [1.82, 2.24) is 0 Å². The molecule has 4 aromatic carbocycles. The van der Waals surface area contributed by atoms with Gasteiger partial charge in [-0.3, -0.25) is 0 Å². The zero-order valence-corrected chi connectivity index (χ0v) is 16.0. The molecule has 0 bridgehead atoms. The molecule has 0 radical (unpaired) electrons. The largest absolute Gasteiger partial charge is 0.457 e. The van der Waals surface area contributed by atoms with Gasteiger partial charge in [-0.2, -0.15) is 0 Å². The molecule has 1 N–H and O–H groups in total. The molecule has 0 aliphatic carbocycles. The number of hydrogen-bond acceptors (Lipinski definition) is 2. The molecule has 2 heteroatoms. The molecule has 3 atom stereocenters. The van der Waals surface area contributed by atoms with E-state index in [-0.39, 0.29) is 11.8 Å². The van der Waals surface area contributed by atoms with Crippen molar-refractivity contribution in [2.24, 2.45) is 0 Å². The SMILES string of the molecule is O[C@]1(c2ccccc2)Oc2ccccc2[C@@H](c2ccccc2)[C@H]1c1ccccc1. The first-order valence-electron chi connectivity index (χ1n) is 9.93. The second-order valence-electron chi connectivity index (χ2n) is 7.48. The van der Waals surface area contributed by atoms with E-state index in [2.05, 4.69) is 42.5 Å². The fraction of sp³-hybridized carbons (Fsp3) is 0.111. The van der Waals surface area contributed by atoms with Crippen LogP contribution in [0.4, 0.5) is 0 Å². The molecule has 0 aromatic heterocycles. The highest BCUT2D eigenvalue weighted by atomic mass is 16.6. The van der Waals surface area contributed by atoms with Gasteiger partial charge in [0, 0.05) is 17.0 Å². The van der Waals surface area contributed by atoms with Crippen LogP contribution >= 0.6 is 0 Å². The summed E-state index contributed by atoms with van der Waals surface area (Å²) in [7, 11) is 0. The lowest BCUT2D eigenvalue weighted by Gasteiger charge is -2.46. The first-order chi connectivity index (χ1) is 14.3. The molecule has 0 saturated heterocycles. The first kappa shape index (κ1) is 17.7. The van der Waals surface area contributed by atoms with Gasteiger partial charge >= 0.3 is 0 Å². The summed E-state index contributed by atoms with van der Waals surface area (Å²) < 4.78 is 6.38. The zero-order valence-electron chi connectivity index (χ0n) is 16.0. The molecule has 0 unspecified atom stereocenters. The first-order valence-corrected chi connectivity index (χ1v) is 9.93. The molecule has 2 nitrogen and oxygen atoms in total. The Morgan fingerprint density at radius 1 is 0.586 bits per heavy atom. The maximum Gasteiger partial charge on any atom is 0.242 e. The molecule has 4 aromatic rings. The summed E-state index contributed by atoms with van der Waals surface area (Å²) in [5, 5.41) is 12.1. The van der Waals surface area contributed by atoms with E-state index in [0.717, 1.165) is 28.0 Å². The Bertz CT molecular complexity index is 1090.